The van der Waals surface area contributed by atoms with Gasteiger partial charge in [-0.2, -0.15) is 0 Å². The van der Waals surface area contributed by atoms with Crippen molar-refractivity contribution in [3.63, 3.8) is 0 Å². The minimum atomic E-state index is -0.406. The molecule has 4 heteroatoms. The molecule has 0 saturated heterocycles. The summed E-state index contributed by atoms with van der Waals surface area (Å²) in [5.41, 5.74) is 8.29. The van der Waals surface area contributed by atoms with Crippen molar-refractivity contribution in [2.24, 2.45) is 17.6 Å². The van der Waals surface area contributed by atoms with Gasteiger partial charge in [-0.1, -0.05) is 46.6 Å². The number of nitrogens with two attached hydrogens (primary N) is 1. The molecule has 0 radical (unpaired) electrons. The number of fused-ring (bicyclic) bond motifs is 1. The van der Waals surface area contributed by atoms with E-state index in [1.54, 1.807) is 4.90 Å². The second-order valence-corrected chi connectivity index (χ2v) is 6.51. The second-order valence-electron chi connectivity index (χ2n) is 6.51. The van der Waals surface area contributed by atoms with Crippen LogP contribution in [0.4, 0.5) is 5.69 Å². The normalized spacial score (nSPS) is 19.4. The number of nitrogens with zero attached hydrogens (tertiary/aromatic N) is 1. The van der Waals surface area contributed by atoms with E-state index in [-0.39, 0.29) is 17.9 Å². The van der Waals surface area contributed by atoms with E-state index in [1.165, 1.54) is 0 Å². The molecule has 122 valence electrons. The van der Waals surface area contributed by atoms with Gasteiger partial charge < -0.3 is 15.4 Å². The van der Waals surface area contributed by atoms with Gasteiger partial charge in [-0.15, -0.1) is 0 Å². The van der Waals surface area contributed by atoms with Gasteiger partial charge in [0, 0.05) is 13.1 Å². The summed E-state index contributed by atoms with van der Waals surface area (Å²) in [5.74, 6) is 1.37. The molecule has 1 heterocycles. The highest BCUT2D eigenvalue weighted by molar-refractivity contribution is 5.99. The molecule has 0 aliphatic carbocycles. The van der Waals surface area contributed by atoms with Crippen LogP contribution in [-0.2, 0) is 4.79 Å². The number of likely N-dealkylation sites (N-methyl/N-ethyl adjacent to an activating group) is 1. The summed E-state index contributed by atoms with van der Waals surface area (Å²) >= 11 is 0. The Balaban J connectivity index is 2.34. The summed E-state index contributed by atoms with van der Waals surface area (Å²) in [6, 6.07) is 5.98. The van der Waals surface area contributed by atoms with Crippen LogP contribution in [0.5, 0.6) is 5.75 Å². The molecule has 2 rings (SSSR count). The van der Waals surface area contributed by atoms with Crippen molar-refractivity contribution < 1.29 is 9.53 Å². The molecular weight excluding hydrogens is 276 g/mol. The van der Waals surface area contributed by atoms with Crippen LogP contribution in [0.2, 0.25) is 0 Å². The van der Waals surface area contributed by atoms with E-state index in [4.69, 9.17) is 10.5 Å². The van der Waals surface area contributed by atoms with Crippen LogP contribution in [0, 0.1) is 11.8 Å². The van der Waals surface area contributed by atoms with Crippen LogP contribution in [0.1, 0.15) is 52.1 Å². The predicted molar refractivity (Wildman–Crippen MR) is 90.1 cm³/mol. The fraction of sp³-hybridized carbons (Fsp3) is 0.611. The van der Waals surface area contributed by atoms with E-state index in [0.29, 0.717) is 5.92 Å². The minimum absolute atomic E-state index is 0.00776. The first-order valence-corrected chi connectivity index (χ1v) is 8.24. The van der Waals surface area contributed by atoms with Crippen LogP contribution in [0.25, 0.3) is 0 Å². The van der Waals surface area contributed by atoms with Gasteiger partial charge in [0.15, 0.2) is 6.10 Å². The van der Waals surface area contributed by atoms with Gasteiger partial charge in [-0.3, -0.25) is 4.79 Å². The quantitative estimate of drug-likeness (QED) is 0.905. The third kappa shape index (κ3) is 2.98. The lowest BCUT2D eigenvalue weighted by Gasteiger charge is -2.34. The highest BCUT2D eigenvalue weighted by Gasteiger charge is 2.34. The summed E-state index contributed by atoms with van der Waals surface area (Å²) in [7, 11) is 1.81. The molecule has 0 bridgehead atoms. The first kappa shape index (κ1) is 16.8. The second kappa shape index (κ2) is 6.69. The molecule has 1 amide bonds. The van der Waals surface area contributed by atoms with Crippen molar-refractivity contribution in [3.8, 4) is 5.75 Å². The first-order valence-electron chi connectivity index (χ1n) is 8.24. The highest BCUT2D eigenvalue weighted by Crippen LogP contribution is 2.38. The molecule has 2 N–H and O–H groups in total. The number of anilines is 1. The molecule has 1 aromatic rings. The van der Waals surface area contributed by atoms with Crippen molar-refractivity contribution in [1.82, 2.24) is 0 Å². The van der Waals surface area contributed by atoms with Gasteiger partial charge in [-0.25, -0.2) is 0 Å². The lowest BCUT2D eigenvalue weighted by Crippen LogP contribution is -2.46. The van der Waals surface area contributed by atoms with Gasteiger partial charge in [0.1, 0.15) is 5.75 Å². The van der Waals surface area contributed by atoms with Gasteiger partial charge in [0.05, 0.1) is 5.69 Å². The van der Waals surface area contributed by atoms with Crippen LogP contribution in [-0.4, -0.2) is 19.1 Å². The third-order valence-electron chi connectivity index (χ3n) is 4.72. The van der Waals surface area contributed by atoms with E-state index in [2.05, 4.69) is 13.8 Å². The Kier molecular flexibility index (Phi) is 5.12. The summed E-state index contributed by atoms with van der Waals surface area (Å²) in [4.78, 5) is 14.1. The molecule has 0 saturated carbocycles. The number of rotatable bonds is 5. The van der Waals surface area contributed by atoms with Crippen molar-refractivity contribution in [2.75, 3.05) is 11.9 Å². The number of carbonyl (C=O) groups is 1. The molecular formula is C18H28N2O2. The summed E-state index contributed by atoms with van der Waals surface area (Å²) in [6.45, 7) is 8.33. The van der Waals surface area contributed by atoms with E-state index in [1.807, 2.05) is 39.1 Å². The molecule has 0 fully saturated rings. The molecule has 1 aliphatic rings. The molecule has 4 nitrogen and oxygen atoms in total. The summed E-state index contributed by atoms with van der Waals surface area (Å²) < 4.78 is 5.89. The monoisotopic (exact) mass is 304 g/mol. The van der Waals surface area contributed by atoms with Crippen molar-refractivity contribution >= 4 is 11.6 Å². The van der Waals surface area contributed by atoms with Crippen molar-refractivity contribution in [3.05, 3.63) is 23.8 Å². The number of carbonyl (C=O) groups excluding carboxylic acids is 1. The van der Waals surface area contributed by atoms with E-state index in [9.17, 15) is 4.79 Å². The van der Waals surface area contributed by atoms with Crippen molar-refractivity contribution in [2.45, 2.75) is 52.7 Å². The van der Waals surface area contributed by atoms with E-state index in [0.717, 1.165) is 29.8 Å². The zero-order valence-electron chi connectivity index (χ0n) is 14.3. The van der Waals surface area contributed by atoms with Crippen LogP contribution in [0.3, 0.4) is 0 Å². The SMILES string of the molecule is CCC(CC)C(N)c1ccc2c(c1)N(C)C(=O)C(C(C)C)O2. The number of benzene rings is 1. The standard InChI is InChI=1S/C18H28N2O2/c1-6-12(7-2)16(19)13-8-9-15-14(10-13)20(5)18(21)17(22-15)11(3)4/h8-12,16-17H,6-7,19H2,1-5H3. The molecule has 2 atom stereocenters. The van der Waals surface area contributed by atoms with Crippen LogP contribution >= 0.6 is 0 Å². The Labute approximate surface area is 133 Å². The fourth-order valence-electron chi connectivity index (χ4n) is 3.09. The highest BCUT2D eigenvalue weighted by atomic mass is 16.5. The maximum Gasteiger partial charge on any atom is 0.268 e. The lowest BCUT2D eigenvalue weighted by molar-refractivity contribution is -0.127. The average molecular weight is 304 g/mol. The molecule has 1 aromatic carbocycles. The van der Waals surface area contributed by atoms with Gasteiger partial charge >= 0.3 is 0 Å². The van der Waals surface area contributed by atoms with E-state index < -0.39 is 6.10 Å². The van der Waals surface area contributed by atoms with Crippen LogP contribution < -0.4 is 15.4 Å². The number of hydrogen-bond acceptors (Lipinski definition) is 3. The summed E-state index contributed by atoms with van der Waals surface area (Å²) in [5, 5.41) is 0. The minimum Gasteiger partial charge on any atom is -0.478 e. The summed E-state index contributed by atoms with van der Waals surface area (Å²) in [6.07, 6.45) is 1.70. The van der Waals surface area contributed by atoms with E-state index >= 15 is 0 Å². The number of hydrogen-bond donors (Lipinski definition) is 1. The maximum atomic E-state index is 12.4. The van der Waals surface area contributed by atoms with Gasteiger partial charge in [0.25, 0.3) is 5.91 Å². The Morgan fingerprint density at radius 2 is 1.91 bits per heavy atom. The zero-order chi connectivity index (χ0) is 16.4. The molecule has 0 aromatic heterocycles. The fourth-order valence-corrected chi connectivity index (χ4v) is 3.09. The Bertz CT molecular complexity index is 538. The van der Waals surface area contributed by atoms with Crippen LogP contribution in [0.15, 0.2) is 18.2 Å². The maximum absolute atomic E-state index is 12.4. The molecule has 22 heavy (non-hydrogen) atoms. The number of ether oxygens (including phenoxy) is 1. The molecule has 0 spiro atoms. The Hall–Kier alpha value is -1.55. The Morgan fingerprint density at radius 3 is 2.45 bits per heavy atom. The average Bonchev–Trinajstić information content (AvgIpc) is 2.51. The molecule has 2 unspecified atom stereocenters. The van der Waals surface area contributed by atoms with Gasteiger partial charge in [-0.05, 0) is 29.5 Å². The number of amides is 1. The smallest absolute Gasteiger partial charge is 0.268 e. The largest absolute Gasteiger partial charge is 0.478 e. The Morgan fingerprint density at radius 1 is 1.27 bits per heavy atom. The third-order valence-corrected chi connectivity index (χ3v) is 4.72. The first-order chi connectivity index (χ1) is 10.4. The topological polar surface area (TPSA) is 55.6 Å². The predicted octanol–water partition coefficient (Wildman–Crippen LogP) is 3.50. The molecule has 1 aliphatic heterocycles. The van der Waals surface area contributed by atoms with Crippen molar-refractivity contribution in [1.29, 1.82) is 0 Å². The zero-order valence-corrected chi connectivity index (χ0v) is 14.3. The van der Waals surface area contributed by atoms with Gasteiger partial charge in [0.2, 0.25) is 0 Å². The lowest BCUT2D eigenvalue weighted by atomic mass is 9.89.